The van der Waals surface area contributed by atoms with Crippen LogP contribution >= 0.6 is 0 Å². The standard InChI is InChI=1S/C21H44N2O/c1-3-5-7-8-9-10-11-12-13-14-15-16-17-18-20-23(21(22)24)19-6-4-2/h3-20H2,1-2H3,(H2,22,24). The van der Waals surface area contributed by atoms with Gasteiger partial charge in [-0.25, -0.2) is 4.79 Å². The van der Waals surface area contributed by atoms with Gasteiger partial charge in [-0.1, -0.05) is 104 Å². The summed E-state index contributed by atoms with van der Waals surface area (Å²) in [7, 11) is 0. The van der Waals surface area contributed by atoms with Crippen LogP contribution in [0.4, 0.5) is 4.79 Å². The average molecular weight is 341 g/mol. The lowest BCUT2D eigenvalue weighted by Gasteiger charge is -2.19. The molecule has 0 heterocycles. The van der Waals surface area contributed by atoms with E-state index in [0.29, 0.717) is 0 Å². The van der Waals surface area contributed by atoms with Crippen molar-refractivity contribution in [3.63, 3.8) is 0 Å². The summed E-state index contributed by atoms with van der Waals surface area (Å²) in [4.78, 5) is 13.1. The number of unbranched alkanes of at least 4 members (excludes halogenated alkanes) is 14. The summed E-state index contributed by atoms with van der Waals surface area (Å²) in [5.74, 6) is 0. The molecule has 0 spiro atoms. The smallest absolute Gasteiger partial charge is 0.314 e. The number of nitrogens with zero attached hydrogens (tertiary/aromatic N) is 1. The Bertz CT molecular complexity index is 269. The second-order valence-electron chi connectivity index (χ2n) is 7.28. The third kappa shape index (κ3) is 16.1. The maximum atomic E-state index is 11.3. The molecule has 2 amide bonds. The van der Waals surface area contributed by atoms with E-state index in [1.807, 2.05) is 4.90 Å². The van der Waals surface area contributed by atoms with Crippen LogP contribution < -0.4 is 5.73 Å². The Kier molecular flexibility index (Phi) is 18.0. The molecule has 3 nitrogen and oxygen atoms in total. The monoisotopic (exact) mass is 340 g/mol. The molecule has 0 unspecified atom stereocenters. The minimum Gasteiger partial charge on any atom is -0.351 e. The summed E-state index contributed by atoms with van der Waals surface area (Å²) in [6, 6.07) is -0.252. The maximum Gasteiger partial charge on any atom is 0.314 e. The predicted octanol–water partition coefficient (Wildman–Crippen LogP) is 6.65. The number of hydrogen-bond donors (Lipinski definition) is 1. The van der Waals surface area contributed by atoms with E-state index in [-0.39, 0.29) is 6.03 Å². The van der Waals surface area contributed by atoms with Crippen molar-refractivity contribution in [3.05, 3.63) is 0 Å². The number of carbonyl (C=O) groups excluding carboxylic acids is 1. The van der Waals surface area contributed by atoms with Crippen LogP contribution in [-0.2, 0) is 0 Å². The van der Waals surface area contributed by atoms with Crippen molar-refractivity contribution in [2.45, 2.75) is 117 Å². The molecule has 0 bridgehead atoms. The molecule has 3 heteroatoms. The van der Waals surface area contributed by atoms with Crippen molar-refractivity contribution < 1.29 is 4.79 Å². The molecule has 0 aliphatic heterocycles. The minimum atomic E-state index is -0.252. The van der Waals surface area contributed by atoms with Gasteiger partial charge in [0.25, 0.3) is 0 Å². The van der Waals surface area contributed by atoms with Gasteiger partial charge in [0, 0.05) is 13.1 Å². The van der Waals surface area contributed by atoms with Crippen molar-refractivity contribution in [3.8, 4) is 0 Å². The maximum absolute atomic E-state index is 11.3. The molecule has 144 valence electrons. The SMILES string of the molecule is CCCCCCCCCCCCCCCCN(CCCC)C(N)=O. The van der Waals surface area contributed by atoms with E-state index < -0.39 is 0 Å². The first-order chi connectivity index (χ1) is 11.7. The largest absolute Gasteiger partial charge is 0.351 e. The highest BCUT2D eigenvalue weighted by Gasteiger charge is 2.07. The first-order valence-electron chi connectivity index (χ1n) is 10.8. The third-order valence-electron chi connectivity index (χ3n) is 4.87. The van der Waals surface area contributed by atoms with Crippen molar-refractivity contribution >= 4 is 6.03 Å². The van der Waals surface area contributed by atoms with E-state index in [1.165, 1.54) is 83.5 Å². The zero-order chi connectivity index (χ0) is 17.9. The number of primary amides is 1. The highest BCUT2D eigenvalue weighted by Crippen LogP contribution is 2.13. The lowest BCUT2D eigenvalue weighted by atomic mass is 10.0. The average Bonchev–Trinajstić information content (AvgIpc) is 2.57. The molecule has 0 aliphatic carbocycles. The Hall–Kier alpha value is -0.730. The fourth-order valence-corrected chi connectivity index (χ4v) is 3.18. The topological polar surface area (TPSA) is 46.3 Å². The highest BCUT2D eigenvalue weighted by molar-refractivity contribution is 5.71. The normalized spacial score (nSPS) is 10.9. The van der Waals surface area contributed by atoms with Gasteiger partial charge >= 0.3 is 6.03 Å². The number of amides is 2. The zero-order valence-corrected chi connectivity index (χ0v) is 16.7. The van der Waals surface area contributed by atoms with Crippen molar-refractivity contribution in [2.75, 3.05) is 13.1 Å². The van der Waals surface area contributed by atoms with Gasteiger partial charge in [0.15, 0.2) is 0 Å². The molecular weight excluding hydrogens is 296 g/mol. The number of carbonyl (C=O) groups is 1. The van der Waals surface area contributed by atoms with Crippen LogP contribution in [0.1, 0.15) is 117 Å². The van der Waals surface area contributed by atoms with Gasteiger partial charge in [-0.3, -0.25) is 0 Å². The van der Waals surface area contributed by atoms with E-state index in [2.05, 4.69) is 13.8 Å². The Balaban J connectivity index is 3.25. The summed E-state index contributed by atoms with van der Waals surface area (Å²) in [6.07, 6.45) is 21.3. The lowest BCUT2D eigenvalue weighted by Crippen LogP contribution is -2.37. The van der Waals surface area contributed by atoms with Crippen LogP contribution in [0.25, 0.3) is 0 Å². The van der Waals surface area contributed by atoms with Gasteiger partial charge in [0.2, 0.25) is 0 Å². The summed E-state index contributed by atoms with van der Waals surface area (Å²) >= 11 is 0. The molecule has 0 aromatic heterocycles. The van der Waals surface area contributed by atoms with Crippen LogP contribution in [0.3, 0.4) is 0 Å². The second kappa shape index (κ2) is 18.6. The van der Waals surface area contributed by atoms with Crippen LogP contribution in [0, 0.1) is 0 Å². The van der Waals surface area contributed by atoms with Crippen LogP contribution in [0.5, 0.6) is 0 Å². The zero-order valence-electron chi connectivity index (χ0n) is 16.7. The summed E-state index contributed by atoms with van der Waals surface area (Å²) in [5.41, 5.74) is 5.42. The number of nitrogens with two attached hydrogens (primary N) is 1. The van der Waals surface area contributed by atoms with Crippen molar-refractivity contribution in [1.29, 1.82) is 0 Å². The molecule has 0 aromatic carbocycles. The molecular formula is C21H44N2O. The molecule has 0 radical (unpaired) electrons. The molecule has 2 N–H and O–H groups in total. The molecule has 24 heavy (non-hydrogen) atoms. The first kappa shape index (κ1) is 23.3. The Morgan fingerprint density at radius 3 is 1.29 bits per heavy atom. The number of hydrogen-bond acceptors (Lipinski definition) is 1. The van der Waals surface area contributed by atoms with E-state index in [9.17, 15) is 4.79 Å². The van der Waals surface area contributed by atoms with Crippen LogP contribution in [0.2, 0.25) is 0 Å². The van der Waals surface area contributed by atoms with Gasteiger partial charge < -0.3 is 10.6 Å². The summed E-state index contributed by atoms with van der Waals surface area (Å²) in [5, 5.41) is 0. The summed E-state index contributed by atoms with van der Waals surface area (Å²) < 4.78 is 0. The quantitative estimate of drug-likeness (QED) is 0.279. The number of urea groups is 1. The van der Waals surface area contributed by atoms with Crippen molar-refractivity contribution in [2.24, 2.45) is 5.73 Å². The molecule has 0 aromatic rings. The van der Waals surface area contributed by atoms with E-state index in [1.54, 1.807) is 0 Å². The van der Waals surface area contributed by atoms with Gasteiger partial charge in [0.1, 0.15) is 0 Å². The molecule has 0 fully saturated rings. The van der Waals surface area contributed by atoms with Gasteiger partial charge in [0.05, 0.1) is 0 Å². The molecule has 0 aliphatic rings. The Morgan fingerprint density at radius 2 is 0.917 bits per heavy atom. The van der Waals surface area contributed by atoms with Gasteiger partial charge in [-0.2, -0.15) is 0 Å². The van der Waals surface area contributed by atoms with Crippen LogP contribution in [0.15, 0.2) is 0 Å². The van der Waals surface area contributed by atoms with Crippen molar-refractivity contribution in [1.82, 2.24) is 4.90 Å². The Morgan fingerprint density at radius 1 is 0.583 bits per heavy atom. The van der Waals surface area contributed by atoms with E-state index in [4.69, 9.17) is 5.73 Å². The molecule has 0 rings (SSSR count). The molecule has 0 atom stereocenters. The predicted molar refractivity (Wildman–Crippen MR) is 106 cm³/mol. The minimum absolute atomic E-state index is 0.252. The molecule has 0 saturated carbocycles. The van der Waals surface area contributed by atoms with E-state index in [0.717, 1.165) is 32.4 Å². The lowest BCUT2D eigenvalue weighted by molar-refractivity contribution is 0.205. The van der Waals surface area contributed by atoms with E-state index >= 15 is 0 Å². The first-order valence-corrected chi connectivity index (χ1v) is 10.8. The fourth-order valence-electron chi connectivity index (χ4n) is 3.18. The third-order valence-corrected chi connectivity index (χ3v) is 4.87. The second-order valence-corrected chi connectivity index (χ2v) is 7.28. The van der Waals surface area contributed by atoms with Crippen LogP contribution in [-0.4, -0.2) is 24.0 Å². The molecule has 0 saturated heterocycles. The summed E-state index contributed by atoms with van der Waals surface area (Å²) in [6.45, 7) is 6.09. The fraction of sp³-hybridized carbons (Fsp3) is 0.952. The Labute approximate surface area is 151 Å². The van der Waals surface area contributed by atoms with Gasteiger partial charge in [-0.15, -0.1) is 0 Å². The van der Waals surface area contributed by atoms with Gasteiger partial charge in [-0.05, 0) is 12.8 Å². The number of rotatable bonds is 18. The highest BCUT2D eigenvalue weighted by atomic mass is 16.2.